The monoisotopic (exact) mass is 523 g/mol. The Bertz CT molecular complexity index is 1310. The van der Waals surface area contributed by atoms with E-state index in [1.165, 1.54) is 16.8 Å². The number of halogens is 4. The molecule has 2 aromatic carbocycles. The van der Waals surface area contributed by atoms with Crippen LogP contribution in [-0.4, -0.2) is 51.9 Å². The van der Waals surface area contributed by atoms with E-state index in [0.29, 0.717) is 44.7 Å². The van der Waals surface area contributed by atoms with Gasteiger partial charge >= 0.3 is 12.3 Å². The molecule has 1 aromatic heterocycles. The highest BCUT2D eigenvalue weighted by atomic mass is 35.5. The van der Waals surface area contributed by atoms with Crippen molar-refractivity contribution in [2.24, 2.45) is 0 Å². The summed E-state index contributed by atoms with van der Waals surface area (Å²) in [5.74, 6) is 0.274. The molecule has 1 saturated heterocycles. The molecule has 8 nitrogen and oxygen atoms in total. The highest BCUT2D eigenvalue weighted by molar-refractivity contribution is 6.35. The number of hydrogen-bond donors (Lipinski definition) is 2. The summed E-state index contributed by atoms with van der Waals surface area (Å²) in [6, 6.07) is 9.30. The summed E-state index contributed by atoms with van der Waals surface area (Å²) < 4.78 is 39.9. The summed E-state index contributed by atoms with van der Waals surface area (Å²) in [6.45, 7) is 4.19. The number of nitrogens with zero attached hydrogens (tertiary/aromatic N) is 4. The van der Waals surface area contributed by atoms with E-state index in [9.17, 15) is 27.9 Å². The molecule has 1 aliphatic heterocycles. The lowest BCUT2D eigenvalue weighted by Gasteiger charge is -2.38. The maximum absolute atomic E-state index is 13.6. The number of amides is 1. The molecule has 3 aromatic rings. The van der Waals surface area contributed by atoms with Crippen LogP contribution < -0.4 is 15.9 Å². The van der Waals surface area contributed by atoms with Crippen LogP contribution in [0.1, 0.15) is 36.3 Å². The van der Waals surface area contributed by atoms with E-state index in [1.807, 2.05) is 5.01 Å². The zero-order valence-corrected chi connectivity index (χ0v) is 20.2. The summed E-state index contributed by atoms with van der Waals surface area (Å²) in [4.78, 5) is 31.7. The minimum absolute atomic E-state index is 0.250. The molecule has 192 valence electrons. The van der Waals surface area contributed by atoms with E-state index in [0.717, 1.165) is 17.7 Å². The number of rotatable bonds is 6. The highest BCUT2D eigenvalue weighted by Gasteiger charge is 2.30. The van der Waals surface area contributed by atoms with E-state index < -0.39 is 23.9 Å². The molecule has 1 fully saturated rings. The smallest absolute Gasteiger partial charge is 0.416 e. The van der Waals surface area contributed by atoms with Crippen molar-refractivity contribution in [1.82, 2.24) is 19.9 Å². The predicted molar refractivity (Wildman–Crippen MR) is 130 cm³/mol. The van der Waals surface area contributed by atoms with Crippen LogP contribution in [0.25, 0.3) is 10.9 Å². The number of carbonyl (C=O) groups is 1. The largest absolute Gasteiger partial charge is 0.465 e. The number of aromatic nitrogens is 2. The molecule has 0 radical (unpaired) electrons. The lowest BCUT2D eigenvalue weighted by atomic mass is 10.1. The lowest BCUT2D eigenvalue weighted by molar-refractivity contribution is -0.137. The molecule has 1 aliphatic rings. The number of piperazine rings is 1. The van der Waals surface area contributed by atoms with Crippen LogP contribution in [0.5, 0.6) is 0 Å². The van der Waals surface area contributed by atoms with Gasteiger partial charge in [0, 0.05) is 32.7 Å². The Kier molecular flexibility index (Phi) is 7.41. The molecule has 0 spiro atoms. The minimum Gasteiger partial charge on any atom is -0.465 e. The maximum Gasteiger partial charge on any atom is 0.416 e. The third kappa shape index (κ3) is 5.41. The predicted octanol–water partition coefficient (Wildman–Crippen LogP) is 4.24. The van der Waals surface area contributed by atoms with Crippen molar-refractivity contribution in [2.45, 2.75) is 32.1 Å². The van der Waals surface area contributed by atoms with Gasteiger partial charge in [0.15, 0.2) is 5.82 Å². The first-order valence-electron chi connectivity index (χ1n) is 11.4. The number of nitrogens with one attached hydrogen (secondary N) is 1. The third-order valence-electron chi connectivity index (χ3n) is 6.19. The summed E-state index contributed by atoms with van der Waals surface area (Å²) in [7, 11) is 0. The van der Waals surface area contributed by atoms with E-state index >= 15 is 0 Å². The van der Waals surface area contributed by atoms with Crippen molar-refractivity contribution in [1.29, 1.82) is 0 Å². The Hall–Kier alpha value is -3.31. The van der Waals surface area contributed by atoms with Gasteiger partial charge in [-0.05, 0) is 36.2 Å². The van der Waals surface area contributed by atoms with E-state index in [2.05, 4.69) is 15.2 Å². The third-order valence-corrected chi connectivity index (χ3v) is 6.50. The second-order valence-corrected chi connectivity index (χ2v) is 8.96. The molecule has 0 bridgehead atoms. The van der Waals surface area contributed by atoms with Crippen LogP contribution in [0.3, 0.4) is 0 Å². The molecule has 2 heterocycles. The first-order chi connectivity index (χ1) is 17.1. The summed E-state index contributed by atoms with van der Waals surface area (Å²) in [5.41, 5.74) is 0.0591. The average molecular weight is 524 g/mol. The minimum atomic E-state index is -4.38. The molecular weight excluding hydrogens is 499 g/mol. The van der Waals surface area contributed by atoms with Crippen LogP contribution in [-0.2, 0) is 12.7 Å². The fourth-order valence-electron chi connectivity index (χ4n) is 4.35. The van der Waals surface area contributed by atoms with Gasteiger partial charge in [-0.25, -0.2) is 14.5 Å². The van der Waals surface area contributed by atoms with Crippen molar-refractivity contribution < 1.29 is 23.1 Å². The fraction of sp³-hybridized carbons (Fsp3) is 0.375. The highest BCUT2D eigenvalue weighted by Crippen LogP contribution is 2.29. The normalized spacial score (nSPS) is 15.8. The average Bonchev–Trinajstić information content (AvgIpc) is 2.83. The van der Waals surface area contributed by atoms with Crippen molar-refractivity contribution in [3.8, 4) is 0 Å². The SMILES string of the molecule is CCC(NC(=O)O)c1nc2cccc(Cl)c2c(=O)n1N1CCN(Cc2ccc(C(F)(F)F)cc2)CC1. The van der Waals surface area contributed by atoms with Gasteiger partial charge in [-0.15, -0.1) is 0 Å². The Labute approximate surface area is 209 Å². The van der Waals surface area contributed by atoms with Gasteiger partial charge in [0.25, 0.3) is 5.56 Å². The van der Waals surface area contributed by atoms with Gasteiger partial charge in [-0.2, -0.15) is 13.2 Å². The topological polar surface area (TPSA) is 90.7 Å². The summed E-state index contributed by atoms with van der Waals surface area (Å²) >= 11 is 6.32. The van der Waals surface area contributed by atoms with Crippen molar-refractivity contribution in [3.63, 3.8) is 0 Å². The zero-order chi connectivity index (χ0) is 26.0. The van der Waals surface area contributed by atoms with E-state index in [-0.39, 0.29) is 21.8 Å². The Morgan fingerprint density at radius 3 is 2.39 bits per heavy atom. The first-order valence-corrected chi connectivity index (χ1v) is 11.8. The number of carboxylic acid groups (broad SMARTS) is 1. The van der Waals surface area contributed by atoms with Crippen LogP contribution in [0.4, 0.5) is 18.0 Å². The van der Waals surface area contributed by atoms with Gasteiger partial charge < -0.3 is 15.4 Å². The Balaban J connectivity index is 1.59. The van der Waals surface area contributed by atoms with Crippen LogP contribution in [0.2, 0.25) is 5.02 Å². The molecule has 0 aliphatic carbocycles. The molecule has 36 heavy (non-hydrogen) atoms. The quantitative estimate of drug-likeness (QED) is 0.502. The van der Waals surface area contributed by atoms with Gasteiger partial charge in [-0.1, -0.05) is 36.7 Å². The van der Waals surface area contributed by atoms with Crippen LogP contribution in [0.15, 0.2) is 47.3 Å². The second kappa shape index (κ2) is 10.4. The number of fused-ring (bicyclic) bond motifs is 1. The number of alkyl halides is 3. The zero-order valence-electron chi connectivity index (χ0n) is 19.4. The molecule has 12 heteroatoms. The molecule has 1 atom stereocenters. The van der Waals surface area contributed by atoms with Crippen LogP contribution in [0, 0.1) is 0 Å². The van der Waals surface area contributed by atoms with Gasteiger partial charge in [0.05, 0.1) is 27.5 Å². The number of hydrogen-bond acceptors (Lipinski definition) is 5. The maximum atomic E-state index is 13.6. The molecule has 1 unspecified atom stereocenters. The van der Waals surface area contributed by atoms with Gasteiger partial charge in [0.2, 0.25) is 0 Å². The standard InChI is InChI=1S/C24H25ClF3N5O3/c1-2-18(30-23(35)36)21-29-19-5-3-4-17(25)20(19)22(34)33(21)32-12-10-31(11-13-32)14-15-6-8-16(9-7-15)24(26,27)28/h3-9,18,30H,2,10-14H2,1H3,(H,35,36). The van der Waals surface area contributed by atoms with Gasteiger partial charge in [-0.3, -0.25) is 9.69 Å². The van der Waals surface area contributed by atoms with Gasteiger partial charge in [0.1, 0.15) is 0 Å². The van der Waals surface area contributed by atoms with E-state index in [1.54, 1.807) is 25.1 Å². The summed E-state index contributed by atoms with van der Waals surface area (Å²) in [6.07, 6.45) is -5.23. The molecule has 2 N–H and O–H groups in total. The molecule has 1 amide bonds. The summed E-state index contributed by atoms with van der Waals surface area (Å²) in [5, 5.41) is 14.1. The lowest BCUT2D eigenvalue weighted by Crippen LogP contribution is -2.55. The van der Waals surface area contributed by atoms with Crippen molar-refractivity contribution >= 4 is 28.6 Å². The molecule has 0 saturated carbocycles. The van der Waals surface area contributed by atoms with Crippen LogP contribution >= 0.6 is 11.6 Å². The van der Waals surface area contributed by atoms with Crippen molar-refractivity contribution in [2.75, 3.05) is 31.2 Å². The number of benzene rings is 2. The fourth-order valence-corrected chi connectivity index (χ4v) is 4.60. The molecule has 4 rings (SSSR count). The Morgan fingerprint density at radius 2 is 1.81 bits per heavy atom. The molecular formula is C24H25ClF3N5O3. The second-order valence-electron chi connectivity index (χ2n) is 8.56. The van der Waals surface area contributed by atoms with E-state index in [4.69, 9.17) is 11.6 Å². The van der Waals surface area contributed by atoms with Crippen molar-refractivity contribution in [3.05, 3.63) is 74.8 Å². The Morgan fingerprint density at radius 1 is 1.14 bits per heavy atom. The first kappa shape index (κ1) is 25.8.